The van der Waals surface area contributed by atoms with E-state index in [0.717, 1.165) is 30.7 Å². The van der Waals surface area contributed by atoms with Crippen LogP contribution < -0.4 is 15.4 Å². The van der Waals surface area contributed by atoms with E-state index in [2.05, 4.69) is 15.6 Å². The first-order chi connectivity index (χ1) is 14.5. The summed E-state index contributed by atoms with van der Waals surface area (Å²) in [6, 6.07) is 6.46. The molecule has 1 saturated carbocycles. The van der Waals surface area contributed by atoms with Crippen molar-refractivity contribution in [3.63, 3.8) is 0 Å². The van der Waals surface area contributed by atoms with Gasteiger partial charge < -0.3 is 20.5 Å². The Balaban J connectivity index is 1.52. The van der Waals surface area contributed by atoms with E-state index < -0.39 is 5.82 Å². The zero-order valence-corrected chi connectivity index (χ0v) is 16.9. The normalized spacial score (nSPS) is 18.5. The summed E-state index contributed by atoms with van der Waals surface area (Å²) in [5.74, 6) is -0.667. The van der Waals surface area contributed by atoms with E-state index in [1.165, 1.54) is 6.20 Å². The number of amides is 2. The quantitative estimate of drug-likeness (QED) is 0.645. The van der Waals surface area contributed by atoms with Crippen LogP contribution in [0.15, 0.2) is 36.7 Å². The number of carbonyl (C=O) groups is 2. The Morgan fingerprint density at radius 1 is 1.10 bits per heavy atom. The molecule has 1 aliphatic rings. The van der Waals surface area contributed by atoms with Gasteiger partial charge in [0.05, 0.1) is 23.9 Å². The average molecular weight is 415 g/mol. The van der Waals surface area contributed by atoms with Gasteiger partial charge in [0, 0.05) is 18.3 Å². The van der Waals surface area contributed by atoms with Gasteiger partial charge in [0.15, 0.2) is 0 Å². The third-order valence-electron chi connectivity index (χ3n) is 5.10. The second-order valence-electron chi connectivity index (χ2n) is 7.46. The van der Waals surface area contributed by atoms with Gasteiger partial charge in [0.2, 0.25) is 0 Å². The summed E-state index contributed by atoms with van der Waals surface area (Å²) in [5, 5.41) is 14.9. The van der Waals surface area contributed by atoms with Crippen LogP contribution in [0.5, 0.6) is 5.75 Å². The molecule has 0 bridgehead atoms. The number of aryl methyl sites for hydroxylation is 1. The number of nitrogens with zero attached hydrogens (tertiary/aromatic N) is 1. The summed E-state index contributed by atoms with van der Waals surface area (Å²) in [6.45, 7) is 1.90. The van der Waals surface area contributed by atoms with Gasteiger partial charge in [0.1, 0.15) is 18.2 Å². The Morgan fingerprint density at radius 3 is 2.40 bits per heavy atom. The fourth-order valence-corrected chi connectivity index (χ4v) is 3.54. The van der Waals surface area contributed by atoms with Gasteiger partial charge in [-0.2, -0.15) is 0 Å². The standard InChI is InChI=1S/C22H26FN3O4/c1-14-2-7-19(20(10-14)30-9-8-27)22(29)26-18-5-3-17(4-6-18)25-21(28)15-11-16(23)13-24-12-15/h2,7,10-13,17-18,27H,3-6,8-9H2,1H3,(H,25,28)(H,26,29). The number of hydrogen-bond acceptors (Lipinski definition) is 5. The molecule has 1 heterocycles. The average Bonchev–Trinajstić information content (AvgIpc) is 2.73. The summed E-state index contributed by atoms with van der Waals surface area (Å²) in [7, 11) is 0. The molecule has 3 N–H and O–H groups in total. The molecule has 7 nitrogen and oxygen atoms in total. The highest BCUT2D eigenvalue weighted by molar-refractivity contribution is 5.97. The predicted molar refractivity (Wildman–Crippen MR) is 109 cm³/mol. The molecular formula is C22H26FN3O4. The molecule has 1 aromatic carbocycles. The van der Waals surface area contributed by atoms with Gasteiger partial charge in [-0.15, -0.1) is 0 Å². The van der Waals surface area contributed by atoms with Gasteiger partial charge >= 0.3 is 0 Å². The molecule has 0 unspecified atom stereocenters. The molecule has 0 radical (unpaired) electrons. The molecular weight excluding hydrogens is 389 g/mol. The van der Waals surface area contributed by atoms with Gasteiger partial charge in [-0.25, -0.2) is 4.39 Å². The first kappa shape index (κ1) is 21.7. The Kier molecular flexibility index (Phi) is 7.35. The van der Waals surface area contributed by atoms with Gasteiger partial charge in [-0.3, -0.25) is 14.6 Å². The van der Waals surface area contributed by atoms with Crippen LogP contribution in [0.25, 0.3) is 0 Å². The lowest BCUT2D eigenvalue weighted by molar-refractivity contribution is 0.0888. The fraction of sp³-hybridized carbons (Fsp3) is 0.409. The molecule has 0 aliphatic heterocycles. The summed E-state index contributed by atoms with van der Waals surface area (Å²) >= 11 is 0. The van der Waals surface area contributed by atoms with Gasteiger partial charge in [-0.05, 0) is 56.4 Å². The van der Waals surface area contributed by atoms with Gasteiger partial charge in [0.25, 0.3) is 11.8 Å². The topological polar surface area (TPSA) is 101 Å². The Bertz CT molecular complexity index is 898. The van der Waals surface area contributed by atoms with Crippen LogP contribution in [0.2, 0.25) is 0 Å². The van der Waals surface area contributed by atoms with E-state index >= 15 is 0 Å². The maximum atomic E-state index is 13.2. The van der Waals surface area contributed by atoms with Crippen LogP contribution in [0.1, 0.15) is 52.0 Å². The van der Waals surface area contributed by atoms with Crippen molar-refractivity contribution in [2.75, 3.05) is 13.2 Å². The number of carbonyl (C=O) groups excluding carboxylic acids is 2. The van der Waals surface area contributed by atoms with Crippen molar-refractivity contribution in [3.05, 3.63) is 59.2 Å². The summed E-state index contributed by atoms with van der Waals surface area (Å²) < 4.78 is 18.7. The van der Waals surface area contributed by atoms with Crippen molar-refractivity contribution in [1.29, 1.82) is 0 Å². The largest absolute Gasteiger partial charge is 0.490 e. The van der Waals surface area contributed by atoms with Crippen molar-refractivity contribution < 1.29 is 23.8 Å². The number of halogens is 1. The number of pyridine rings is 1. The van der Waals surface area contributed by atoms with Crippen molar-refractivity contribution in [2.45, 2.75) is 44.7 Å². The third kappa shape index (κ3) is 5.76. The number of benzene rings is 1. The molecule has 1 aliphatic carbocycles. The third-order valence-corrected chi connectivity index (χ3v) is 5.10. The lowest BCUT2D eigenvalue weighted by atomic mass is 9.90. The second-order valence-corrected chi connectivity index (χ2v) is 7.46. The number of aliphatic hydroxyl groups is 1. The van der Waals surface area contributed by atoms with E-state index in [1.54, 1.807) is 12.1 Å². The summed E-state index contributed by atoms with van der Waals surface area (Å²) in [4.78, 5) is 28.7. The maximum Gasteiger partial charge on any atom is 0.255 e. The Labute approximate surface area is 174 Å². The van der Waals surface area contributed by atoms with Crippen LogP contribution >= 0.6 is 0 Å². The van der Waals surface area contributed by atoms with Gasteiger partial charge in [-0.1, -0.05) is 6.07 Å². The SMILES string of the molecule is Cc1ccc(C(=O)NC2CCC(NC(=O)c3cncc(F)c3)CC2)c(OCCO)c1. The van der Waals surface area contributed by atoms with Crippen molar-refractivity contribution in [1.82, 2.24) is 15.6 Å². The lowest BCUT2D eigenvalue weighted by Crippen LogP contribution is -2.43. The Morgan fingerprint density at radius 2 is 1.77 bits per heavy atom. The number of hydrogen-bond donors (Lipinski definition) is 3. The summed E-state index contributed by atoms with van der Waals surface area (Å²) in [6.07, 6.45) is 5.25. The second kappa shape index (κ2) is 10.2. The molecule has 0 atom stereocenters. The first-order valence-electron chi connectivity index (χ1n) is 10.0. The fourth-order valence-electron chi connectivity index (χ4n) is 3.54. The van der Waals surface area contributed by atoms with Crippen molar-refractivity contribution in [2.24, 2.45) is 0 Å². The smallest absolute Gasteiger partial charge is 0.255 e. The molecule has 1 fully saturated rings. The van der Waals surface area contributed by atoms with Crippen LogP contribution in [0.3, 0.4) is 0 Å². The summed E-state index contributed by atoms with van der Waals surface area (Å²) in [5.41, 5.74) is 1.59. The number of aliphatic hydroxyl groups excluding tert-OH is 1. The predicted octanol–water partition coefficient (Wildman–Crippen LogP) is 2.37. The molecule has 30 heavy (non-hydrogen) atoms. The maximum absolute atomic E-state index is 13.2. The van der Waals surface area contributed by atoms with Crippen LogP contribution in [0, 0.1) is 12.7 Å². The van der Waals surface area contributed by atoms with E-state index in [0.29, 0.717) is 24.2 Å². The van der Waals surface area contributed by atoms with E-state index in [1.807, 2.05) is 13.0 Å². The zero-order valence-electron chi connectivity index (χ0n) is 16.9. The molecule has 0 spiro atoms. The highest BCUT2D eigenvalue weighted by atomic mass is 19.1. The minimum Gasteiger partial charge on any atom is -0.490 e. The Hall–Kier alpha value is -3.00. The van der Waals surface area contributed by atoms with Crippen molar-refractivity contribution >= 4 is 11.8 Å². The molecule has 2 aromatic rings. The molecule has 1 aromatic heterocycles. The molecule has 8 heteroatoms. The van der Waals surface area contributed by atoms with Crippen LogP contribution in [0.4, 0.5) is 4.39 Å². The van der Waals surface area contributed by atoms with Crippen LogP contribution in [-0.4, -0.2) is 47.2 Å². The zero-order chi connectivity index (χ0) is 21.5. The van der Waals surface area contributed by atoms with E-state index in [-0.39, 0.29) is 42.7 Å². The minimum atomic E-state index is -0.549. The highest BCUT2D eigenvalue weighted by Gasteiger charge is 2.25. The minimum absolute atomic E-state index is 0.00603. The number of ether oxygens (including phenoxy) is 1. The number of nitrogens with one attached hydrogen (secondary N) is 2. The number of rotatable bonds is 7. The molecule has 2 amide bonds. The lowest BCUT2D eigenvalue weighted by Gasteiger charge is -2.29. The molecule has 160 valence electrons. The van der Waals surface area contributed by atoms with E-state index in [9.17, 15) is 14.0 Å². The molecule has 0 saturated heterocycles. The first-order valence-corrected chi connectivity index (χ1v) is 10.0. The monoisotopic (exact) mass is 415 g/mol. The molecule has 3 rings (SSSR count). The van der Waals surface area contributed by atoms with E-state index in [4.69, 9.17) is 9.84 Å². The number of aromatic nitrogens is 1. The van der Waals surface area contributed by atoms with Crippen LogP contribution in [-0.2, 0) is 0 Å². The van der Waals surface area contributed by atoms with Crippen molar-refractivity contribution in [3.8, 4) is 5.75 Å². The highest BCUT2D eigenvalue weighted by Crippen LogP contribution is 2.23.